The molecule has 2 aliphatic carbocycles. The largest absolute Gasteiger partial charge is 0.485 e. The molecule has 1 aliphatic heterocycles. The highest BCUT2D eigenvalue weighted by Crippen LogP contribution is 2.42. The third kappa shape index (κ3) is 1.02. The highest BCUT2D eigenvalue weighted by atomic mass is 16.5. The Balaban J connectivity index is 2.02. The Bertz CT molecular complexity index is 382. The molecule has 14 heavy (non-hydrogen) atoms. The summed E-state index contributed by atoms with van der Waals surface area (Å²) in [5, 5.41) is 0. The van der Waals surface area contributed by atoms with Gasteiger partial charge in [0.05, 0.1) is 0 Å². The van der Waals surface area contributed by atoms with Crippen LogP contribution in [0.25, 0.3) is 0 Å². The molecular formula is C13H14O. The zero-order valence-electron chi connectivity index (χ0n) is 8.36. The van der Waals surface area contributed by atoms with Gasteiger partial charge in [0.15, 0.2) is 0 Å². The van der Waals surface area contributed by atoms with Crippen molar-refractivity contribution in [2.45, 2.75) is 25.9 Å². The molecule has 0 amide bonds. The van der Waals surface area contributed by atoms with Crippen molar-refractivity contribution in [3.8, 4) is 0 Å². The van der Waals surface area contributed by atoms with E-state index >= 15 is 0 Å². The predicted octanol–water partition coefficient (Wildman–Crippen LogP) is 3.12. The van der Waals surface area contributed by atoms with Gasteiger partial charge >= 0.3 is 0 Å². The smallest absolute Gasteiger partial charge is 0.127 e. The van der Waals surface area contributed by atoms with Crippen molar-refractivity contribution in [2.75, 3.05) is 0 Å². The summed E-state index contributed by atoms with van der Waals surface area (Å²) in [6.07, 6.45) is 13.5. The molecular weight excluding hydrogens is 172 g/mol. The van der Waals surface area contributed by atoms with Gasteiger partial charge in [-0.2, -0.15) is 0 Å². The molecule has 72 valence electrons. The fraction of sp³-hybridized carbons (Fsp3) is 0.385. The van der Waals surface area contributed by atoms with Crippen LogP contribution in [0.4, 0.5) is 0 Å². The van der Waals surface area contributed by atoms with E-state index in [2.05, 4.69) is 37.3 Å². The topological polar surface area (TPSA) is 9.23 Å². The molecule has 3 aliphatic rings. The fourth-order valence-electron chi connectivity index (χ4n) is 2.54. The zero-order chi connectivity index (χ0) is 9.54. The second-order valence-electron chi connectivity index (χ2n) is 4.16. The maximum atomic E-state index is 5.95. The molecule has 0 spiro atoms. The normalized spacial score (nSPS) is 33.6. The molecule has 0 aromatic heterocycles. The molecule has 0 aromatic carbocycles. The first-order chi connectivity index (χ1) is 6.86. The Morgan fingerprint density at radius 2 is 2.14 bits per heavy atom. The van der Waals surface area contributed by atoms with Crippen LogP contribution in [0.5, 0.6) is 0 Å². The van der Waals surface area contributed by atoms with Gasteiger partial charge in [-0.1, -0.05) is 24.3 Å². The van der Waals surface area contributed by atoms with E-state index in [9.17, 15) is 0 Å². The van der Waals surface area contributed by atoms with Gasteiger partial charge in [-0.05, 0) is 37.0 Å². The van der Waals surface area contributed by atoms with Gasteiger partial charge in [0.2, 0.25) is 0 Å². The lowest BCUT2D eigenvalue weighted by atomic mass is 9.86. The molecule has 0 fully saturated rings. The minimum absolute atomic E-state index is 0.270. The van der Waals surface area contributed by atoms with Crippen LogP contribution in [-0.2, 0) is 4.74 Å². The first kappa shape index (κ1) is 8.10. The number of hydrogen-bond acceptors (Lipinski definition) is 1. The number of allylic oxidation sites excluding steroid dienone is 4. The molecule has 1 heteroatoms. The second kappa shape index (κ2) is 2.88. The first-order valence-corrected chi connectivity index (χ1v) is 5.28. The third-order valence-electron chi connectivity index (χ3n) is 3.25. The average molecular weight is 186 g/mol. The zero-order valence-corrected chi connectivity index (χ0v) is 8.36. The van der Waals surface area contributed by atoms with Crippen molar-refractivity contribution in [1.82, 2.24) is 0 Å². The molecule has 0 bridgehead atoms. The quantitative estimate of drug-likeness (QED) is 0.564. The van der Waals surface area contributed by atoms with Crippen molar-refractivity contribution < 1.29 is 4.74 Å². The number of rotatable bonds is 0. The van der Waals surface area contributed by atoms with Crippen molar-refractivity contribution in [2.24, 2.45) is 5.92 Å². The summed E-state index contributed by atoms with van der Waals surface area (Å²) in [7, 11) is 0. The van der Waals surface area contributed by atoms with Crippen LogP contribution in [0.2, 0.25) is 0 Å². The van der Waals surface area contributed by atoms with Gasteiger partial charge in [0.25, 0.3) is 0 Å². The van der Waals surface area contributed by atoms with E-state index in [0.29, 0.717) is 5.92 Å². The lowest BCUT2D eigenvalue weighted by molar-refractivity contribution is 0.170. The summed E-state index contributed by atoms with van der Waals surface area (Å²) in [6, 6.07) is 0. The van der Waals surface area contributed by atoms with Gasteiger partial charge in [0, 0.05) is 5.92 Å². The van der Waals surface area contributed by atoms with Gasteiger partial charge in [-0.3, -0.25) is 0 Å². The van der Waals surface area contributed by atoms with Crippen molar-refractivity contribution in [3.63, 3.8) is 0 Å². The van der Waals surface area contributed by atoms with Crippen molar-refractivity contribution in [1.29, 1.82) is 0 Å². The van der Waals surface area contributed by atoms with E-state index in [1.807, 2.05) is 0 Å². The van der Waals surface area contributed by atoms with Crippen LogP contribution < -0.4 is 0 Å². The van der Waals surface area contributed by atoms with Crippen LogP contribution in [0.1, 0.15) is 19.8 Å². The van der Waals surface area contributed by atoms with Gasteiger partial charge in [-0.25, -0.2) is 0 Å². The molecule has 1 nitrogen and oxygen atoms in total. The monoisotopic (exact) mass is 186 g/mol. The predicted molar refractivity (Wildman–Crippen MR) is 56.7 cm³/mol. The number of hydrogen-bond donors (Lipinski definition) is 0. The van der Waals surface area contributed by atoms with Gasteiger partial charge in [0.1, 0.15) is 11.9 Å². The number of fused-ring (bicyclic) bond motifs is 2. The molecule has 2 atom stereocenters. The molecule has 0 saturated heterocycles. The Labute approximate surface area is 84.5 Å². The maximum Gasteiger partial charge on any atom is 0.127 e. The van der Waals surface area contributed by atoms with Crippen LogP contribution in [0, 0.1) is 5.92 Å². The van der Waals surface area contributed by atoms with Crippen LogP contribution >= 0.6 is 0 Å². The Morgan fingerprint density at radius 3 is 3.07 bits per heavy atom. The fourth-order valence-corrected chi connectivity index (χ4v) is 2.54. The van der Waals surface area contributed by atoms with Crippen LogP contribution in [0.15, 0.2) is 47.3 Å². The summed E-state index contributed by atoms with van der Waals surface area (Å²) in [6.45, 7) is 2.15. The van der Waals surface area contributed by atoms with E-state index in [-0.39, 0.29) is 6.10 Å². The van der Waals surface area contributed by atoms with E-state index in [1.54, 1.807) is 0 Å². The molecule has 0 N–H and O–H groups in total. The minimum atomic E-state index is 0.270. The summed E-state index contributed by atoms with van der Waals surface area (Å²) >= 11 is 0. The van der Waals surface area contributed by atoms with E-state index in [0.717, 1.165) is 0 Å². The average Bonchev–Trinajstić information content (AvgIpc) is 2.59. The molecule has 0 radical (unpaired) electrons. The maximum absolute atomic E-state index is 5.95. The van der Waals surface area contributed by atoms with Gasteiger partial charge in [-0.15, -0.1) is 0 Å². The van der Waals surface area contributed by atoms with E-state index in [1.165, 1.54) is 29.7 Å². The third-order valence-corrected chi connectivity index (χ3v) is 3.25. The minimum Gasteiger partial charge on any atom is -0.485 e. The van der Waals surface area contributed by atoms with Crippen molar-refractivity contribution >= 4 is 0 Å². The molecule has 0 saturated carbocycles. The standard InChI is InChI=1S/C13H14O/c1-9-5-4-7-11-10-6-2-3-8-12(10)14-13(9)11/h2-3,5-6,8,10,12H,4,7H2,1H3. The highest BCUT2D eigenvalue weighted by Gasteiger charge is 2.35. The Hall–Kier alpha value is -1.24. The molecule has 3 rings (SSSR count). The van der Waals surface area contributed by atoms with Crippen LogP contribution in [-0.4, -0.2) is 6.10 Å². The SMILES string of the molecule is CC1=CCCC2=C1OC1C=CC=CC21. The van der Waals surface area contributed by atoms with Crippen molar-refractivity contribution in [3.05, 3.63) is 47.3 Å². The summed E-state index contributed by atoms with van der Waals surface area (Å²) in [4.78, 5) is 0. The molecule has 0 aromatic rings. The van der Waals surface area contributed by atoms with Crippen LogP contribution in [0.3, 0.4) is 0 Å². The summed E-state index contributed by atoms with van der Waals surface area (Å²) in [5.41, 5.74) is 2.83. The lowest BCUT2D eigenvalue weighted by Gasteiger charge is -2.16. The number of ether oxygens (including phenoxy) is 1. The Kier molecular flexibility index (Phi) is 1.66. The summed E-state index contributed by atoms with van der Waals surface area (Å²) < 4.78 is 5.95. The van der Waals surface area contributed by atoms with E-state index in [4.69, 9.17) is 4.74 Å². The second-order valence-corrected chi connectivity index (χ2v) is 4.16. The van der Waals surface area contributed by atoms with Gasteiger partial charge < -0.3 is 4.74 Å². The lowest BCUT2D eigenvalue weighted by Crippen LogP contribution is -2.15. The molecule has 2 unspecified atom stereocenters. The molecule has 1 heterocycles. The Morgan fingerprint density at radius 1 is 1.29 bits per heavy atom. The van der Waals surface area contributed by atoms with E-state index < -0.39 is 0 Å². The summed E-state index contributed by atoms with van der Waals surface area (Å²) in [5.74, 6) is 1.68. The first-order valence-electron chi connectivity index (χ1n) is 5.28. The highest BCUT2D eigenvalue weighted by molar-refractivity contribution is 5.42.